The molecular weight excluding hydrogens is 511 g/mol. The molecule has 0 aliphatic carbocycles. The molecule has 1 fully saturated rings. The van der Waals surface area contributed by atoms with Crippen molar-refractivity contribution in [2.75, 3.05) is 39.1 Å². The van der Waals surface area contributed by atoms with E-state index in [0.29, 0.717) is 35.2 Å². The van der Waals surface area contributed by atoms with Crippen molar-refractivity contribution in [1.82, 2.24) is 4.90 Å². The maximum Gasteiger partial charge on any atom is 0.341 e. The summed E-state index contributed by atoms with van der Waals surface area (Å²) in [5.74, 6) is 0.0419. The Morgan fingerprint density at radius 2 is 1.89 bits per heavy atom. The molecule has 3 N–H and O–H groups in total. The van der Waals surface area contributed by atoms with Gasteiger partial charge in [-0.2, -0.15) is 0 Å². The zero-order valence-electron chi connectivity index (χ0n) is 21.2. The zero-order chi connectivity index (χ0) is 27.2. The molecule has 1 aliphatic heterocycles. The average molecular weight is 545 g/mol. The maximum absolute atomic E-state index is 11.8. The van der Waals surface area contributed by atoms with Crippen LogP contribution in [0.2, 0.25) is 0 Å². The number of hydrogen-bond donors (Lipinski definition) is 3. The third-order valence-corrected chi connectivity index (χ3v) is 7.31. The molecule has 2 aromatic carbocycles. The van der Waals surface area contributed by atoms with Crippen LogP contribution in [-0.4, -0.2) is 67.0 Å². The van der Waals surface area contributed by atoms with Gasteiger partial charge in [0.25, 0.3) is 0 Å². The van der Waals surface area contributed by atoms with Gasteiger partial charge in [0.15, 0.2) is 8.38 Å². The lowest BCUT2D eigenvalue weighted by Crippen LogP contribution is -2.14. The van der Waals surface area contributed by atoms with Crippen LogP contribution in [0.3, 0.4) is 0 Å². The van der Waals surface area contributed by atoms with E-state index in [1.54, 1.807) is 36.5 Å². The fourth-order valence-corrected chi connectivity index (χ4v) is 4.97. The van der Waals surface area contributed by atoms with E-state index in [4.69, 9.17) is 14.5 Å². The van der Waals surface area contributed by atoms with Crippen molar-refractivity contribution >= 4 is 48.6 Å². The molecule has 1 aliphatic rings. The van der Waals surface area contributed by atoms with Gasteiger partial charge in [-0.1, -0.05) is 42.5 Å². The van der Waals surface area contributed by atoms with Crippen LogP contribution in [0.15, 0.2) is 60.7 Å². The van der Waals surface area contributed by atoms with Gasteiger partial charge in [0, 0.05) is 35.3 Å². The van der Waals surface area contributed by atoms with Crippen LogP contribution < -0.4 is 10.6 Å². The van der Waals surface area contributed by atoms with Gasteiger partial charge < -0.3 is 29.5 Å². The minimum absolute atomic E-state index is 0.278. The van der Waals surface area contributed by atoms with Crippen LogP contribution in [0.5, 0.6) is 0 Å². The van der Waals surface area contributed by atoms with E-state index in [2.05, 4.69) is 10.2 Å². The molecule has 1 aromatic heterocycles. The molecule has 0 spiro atoms. The van der Waals surface area contributed by atoms with Crippen molar-refractivity contribution in [3.05, 3.63) is 71.8 Å². The minimum atomic E-state index is -2.08. The van der Waals surface area contributed by atoms with Crippen molar-refractivity contribution in [3.63, 3.8) is 0 Å². The first-order valence-corrected chi connectivity index (χ1v) is 13.8. The molecule has 0 saturated carbocycles. The molecule has 1 unspecified atom stereocenters. The van der Waals surface area contributed by atoms with Crippen molar-refractivity contribution in [1.29, 1.82) is 0 Å². The van der Waals surface area contributed by atoms with Crippen LogP contribution >= 0.6 is 19.7 Å². The molecule has 0 amide bonds. The van der Waals surface area contributed by atoms with Gasteiger partial charge in [-0.05, 0) is 50.7 Å². The molecule has 10 heteroatoms. The number of nitrogens with zero attached hydrogens (tertiary/aromatic N) is 1. The third-order valence-electron chi connectivity index (χ3n) is 5.37. The summed E-state index contributed by atoms with van der Waals surface area (Å²) in [5, 5.41) is 4.28. The Bertz CT molecular complexity index is 1140. The number of ether oxygens (including phenoxy) is 1. The number of likely N-dealkylation sites (tertiary alicyclic amines) is 1. The summed E-state index contributed by atoms with van der Waals surface area (Å²) in [6.07, 6.45) is 2.78. The highest BCUT2D eigenvalue weighted by molar-refractivity contribution is 7.54. The Balaban J connectivity index is 0.000000215. The first-order chi connectivity index (χ1) is 17.8. The van der Waals surface area contributed by atoms with Gasteiger partial charge in [-0.3, -0.25) is 4.79 Å². The second kappa shape index (κ2) is 16.0. The molecule has 37 heavy (non-hydrogen) atoms. The summed E-state index contributed by atoms with van der Waals surface area (Å²) in [6.45, 7) is 4.24. The van der Waals surface area contributed by atoms with Crippen LogP contribution in [0.1, 0.15) is 34.1 Å². The standard InChI is InChI=1S/C14H15NO2S.C7H7O3P.C6H11NO/c1-3-17-14(16)11-9-12(18-13(11)15-2)10-7-5-4-6-8-10;8-5-6-2-1-3-7(4-6)11(9)10;1-7-3-2-6(4-7)5-8/h4-9,15H,3H2,1-2H3;1-5,9-10H;5-6H,2-4H2,1H3. The summed E-state index contributed by atoms with van der Waals surface area (Å²) < 4.78 is 5.05. The third kappa shape index (κ3) is 9.80. The Kier molecular flexibility index (Phi) is 13.1. The van der Waals surface area contributed by atoms with E-state index < -0.39 is 8.38 Å². The number of carbonyl (C=O) groups is 3. The highest BCUT2D eigenvalue weighted by Crippen LogP contribution is 2.35. The maximum atomic E-state index is 11.8. The summed E-state index contributed by atoms with van der Waals surface area (Å²) in [5.41, 5.74) is 2.16. The quantitative estimate of drug-likeness (QED) is 0.230. The number of rotatable bonds is 7. The lowest BCUT2D eigenvalue weighted by Gasteiger charge is -2.02. The van der Waals surface area contributed by atoms with E-state index in [1.807, 2.05) is 50.5 Å². The SMILES string of the molecule is CCOC(=O)c1cc(-c2ccccc2)sc1NC.CN1CCC(C=O)C1.O=Cc1cccc(P(O)O)c1. The molecule has 0 radical (unpaired) electrons. The Labute approximate surface area is 222 Å². The van der Waals surface area contributed by atoms with Crippen molar-refractivity contribution in [2.24, 2.45) is 5.92 Å². The van der Waals surface area contributed by atoms with Crippen LogP contribution in [-0.2, 0) is 9.53 Å². The number of carbonyl (C=O) groups excluding carboxylic acids is 3. The van der Waals surface area contributed by atoms with Crippen molar-refractivity contribution in [3.8, 4) is 10.4 Å². The highest BCUT2D eigenvalue weighted by atomic mass is 32.1. The number of nitrogens with one attached hydrogen (secondary N) is 1. The summed E-state index contributed by atoms with van der Waals surface area (Å²) in [6, 6.07) is 18.1. The van der Waals surface area contributed by atoms with Crippen LogP contribution in [0, 0.1) is 5.92 Å². The molecule has 3 aromatic rings. The number of benzene rings is 2. The van der Waals surface area contributed by atoms with E-state index in [-0.39, 0.29) is 5.97 Å². The van der Waals surface area contributed by atoms with Crippen LogP contribution in [0.25, 0.3) is 10.4 Å². The van der Waals surface area contributed by atoms with Gasteiger partial charge in [-0.15, -0.1) is 11.3 Å². The van der Waals surface area contributed by atoms with Gasteiger partial charge in [0.05, 0.1) is 12.2 Å². The predicted molar refractivity (Wildman–Crippen MR) is 150 cm³/mol. The smallest absolute Gasteiger partial charge is 0.341 e. The topological polar surface area (TPSA) is 116 Å². The summed E-state index contributed by atoms with van der Waals surface area (Å²) in [7, 11) is 1.78. The summed E-state index contributed by atoms with van der Waals surface area (Å²) >= 11 is 1.55. The van der Waals surface area contributed by atoms with Gasteiger partial charge in [0.2, 0.25) is 0 Å². The van der Waals surface area contributed by atoms with Crippen molar-refractivity contribution in [2.45, 2.75) is 13.3 Å². The summed E-state index contributed by atoms with van der Waals surface area (Å²) in [4.78, 5) is 52.9. The van der Waals surface area contributed by atoms with Gasteiger partial charge >= 0.3 is 5.97 Å². The molecule has 2 heterocycles. The first kappa shape index (κ1) is 30.3. The normalized spacial score (nSPS) is 14.6. The minimum Gasteiger partial charge on any atom is -0.462 e. The fraction of sp³-hybridized carbons (Fsp3) is 0.296. The second-order valence-electron chi connectivity index (χ2n) is 8.14. The molecular formula is C27H33N2O6PS. The Morgan fingerprint density at radius 1 is 1.16 bits per heavy atom. The lowest BCUT2D eigenvalue weighted by molar-refractivity contribution is -0.110. The Morgan fingerprint density at radius 3 is 2.41 bits per heavy atom. The first-order valence-electron chi connectivity index (χ1n) is 11.7. The number of anilines is 1. The largest absolute Gasteiger partial charge is 0.462 e. The molecule has 8 nitrogen and oxygen atoms in total. The van der Waals surface area contributed by atoms with E-state index in [1.165, 1.54) is 6.07 Å². The molecule has 4 rings (SSSR count). The molecule has 1 saturated heterocycles. The number of aldehydes is 2. The van der Waals surface area contributed by atoms with Crippen molar-refractivity contribution < 1.29 is 28.9 Å². The van der Waals surface area contributed by atoms with Gasteiger partial charge in [-0.25, -0.2) is 4.79 Å². The monoisotopic (exact) mass is 544 g/mol. The number of esters is 1. The molecule has 1 atom stereocenters. The fourth-order valence-electron chi connectivity index (χ4n) is 3.48. The lowest BCUT2D eigenvalue weighted by atomic mass is 10.1. The molecule has 0 bridgehead atoms. The Hall–Kier alpha value is -2.94. The highest BCUT2D eigenvalue weighted by Gasteiger charge is 2.18. The van der Waals surface area contributed by atoms with E-state index >= 15 is 0 Å². The van der Waals surface area contributed by atoms with Gasteiger partial charge in [0.1, 0.15) is 17.6 Å². The van der Waals surface area contributed by atoms with E-state index in [9.17, 15) is 14.4 Å². The van der Waals surface area contributed by atoms with Crippen LogP contribution in [0.4, 0.5) is 5.00 Å². The zero-order valence-corrected chi connectivity index (χ0v) is 22.9. The average Bonchev–Trinajstić information content (AvgIpc) is 3.56. The number of hydrogen-bond acceptors (Lipinski definition) is 9. The predicted octanol–water partition coefficient (Wildman–Crippen LogP) is 4.19. The number of thiophene rings is 1. The molecule has 198 valence electrons. The second-order valence-corrected chi connectivity index (χ2v) is 10.3. The van der Waals surface area contributed by atoms with E-state index in [0.717, 1.165) is 41.2 Å².